The number of amides is 2. The van der Waals surface area contributed by atoms with Crippen molar-refractivity contribution in [2.75, 3.05) is 13.1 Å². The van der Waals surface area contributed by atoms with E-state index in [-0.39, 0.29) is 33.8 Å². The zero-order chi connectivity index (χ0) is 16.2. The van der Waals surface area contributed by atoms with Gasteiger partial charge in [0, 0.05) is 18.2 Å². The Kier molecular flexibility index (Phi) is 5.42. The molecule has 2 amide bonds. The Morgan fingerprint density at radius 1 is 1.38 bits per heavy atom. The third-order valence-corrected chi connectivity index (χ3v) is 3.53. The van der Waals surface area contributed by atoms with Crippen molar-refractivity contribution in [1.82, 2.24) is 10.2 Å². The van der Waals surface area contributed by atoms with Crippen LogP contribution >= 0.6 is 11.3 Å². The van der Waals surface area contributed by atoms with Crippen LogP contribution < -0.4 is 5.32 Å². The van der Waals surface area contributed by atoms with E-state index in [1.54, 1.807) is 6.92 Å². The van der Waals surface area contributed by atoms with Crippen molar-refractivity contribution in [3.05, 3.63) is 27.1 Å². The molecule has 7 nitrogen and oxygen atoms in total. The number of hydrogen-bond acceptors (Lipinski definition) is 5. The van der Waals surface area contributed by atoms with Crippen molar-refractivity contribution >= 4 is 28.2 Å². The highest BCUT2D eigenvalue weighted by Crippen LogP contribution is 2.25. The summed E-state index contributed by atoms with van der Waals surface area (Å²) in [6.45, 7) is 7.59. The first kappa shape index (κ1) is 17.1. The lowest BCUT2D eigenvalue weighted by Gasteiger charge is -2.24. The molecule has 21 heavy (non-hydrogen) atoms. The maximum absolute atomic E-state index is 12.2. The highest BCUT2D eigenvalue weighted by molar-refractivity contribution is 7.17. The average Bonchev–Trinajstić information content (AvgIpc) is 2.82. The molecule has 1 N–H and O–H groups in total. The lowest BCUT2D eigenvalue weighted by atomic mass is 10.1. The van der Waals surface area contributed by atoms with Gasteiger partial charge in [-0.15, -0.1) is 0 Å². The molecule has 1 heterocycles. The molecule has 0 saturated heterocycles. The first-order chi connectivity index (χ1) is 9.64. The lowest BCUT2D eigenvalue weighted by molar-refractivity contribution is -0.380. The van der Waals surface area contributed by atoms with E-state index in [1.807, 2.05) is 20.8 Å². The van der Waals surface area contributed by atoms with Gasteiger partial charge in [0.05, 0.1) is 16.3 Å². The van der Waals surface area contributed by atoms with E-state index in [0.29, 0.717) is 6.54 Å². The zero-order valence-corrected chi connectivity index (χ0v) is 13.3. The minimum absolute atomic E-state index is 0.0711. The number of nitrogens with zero attached hydrogens (tertiary/aromatic N) is 2. The van der Waals surface area contributed by atoms with Crippen molar-refractivity contribution in [2.24, 2.45) is 0 Å². The Morgan fingerprint density at radius 2 is 2.00 bits per heavy atom. The van der Waals surface area contributed by atoms with Gasteiger partial charge in [-0.05, 0) is 33.8 Å². The number of nitro groups is 1. The molecule has 1 aromatic rings. The summed E-state index contributed by atoms with van der Waals surface area (Å²) in [5.41, 5.74) is -0.374. The third kappa shape index (κ3) is 5.14. The van der Waals surface area contributed by atoms with Gasteiger partial charge in [0.1, 0.15) is 0 Å². The highest BCUT2D eigenvalue weighted by Gasteiger charge is 2.23. The van der Waals surface area contributed by atoms with Gasteiger partial charge in [-0.25, -0.2) is 0 Å². The van der Waals surface area contributed by atoms with E-state index < -0.39 is 4.92 Å². The lowest BCUT2D eigenvalue weighted by Crippen LogP contribution is -2.47. The molecule has 0 atom stereocenters. The van der Waals surface area contributed by atoms with Crippen LogP contribution in [0.4, 0.5) is 5.00 Å². The Labute approximate surface area is 127 Å². The van der Waals surface area contributed by atoms with Crippen LogP contribution in [0.2, 0.25) is 0 Å². The summed E-state index contributed by atoms with van der Waals surface area (Å²) in [4.78, 5) is 35.8. The number of likely N-dealkylation sites (N-methyl/N-ethyl adjacent to an activating group) is 1. The minimum atomic E-state index is -0.538. The predicted molar refractivity (Wildman–Crippen MR) is 80.4 cm³/mol. The van der Waals surface area contributed by atoms with Crippen LogP contribution in [0.15, 0.2) is 12.1 Å². The molecule has 0 saturated carbocycles. The zero-order valence-electron chi connectivity index (χ0n) is 12.5. The largest absolute Gasteiger partial charge is 0.350 e. The monoisotopic (exact) mass is 313 g/mol. The second-order valence-electron chi connectivity index (χ2n) is 5.51. The number of hydrogen-bond donors (Lipinski definition) is 1. The Bertz CT molecular complexity index is 548. The quantitative estimate of drug-likeness (QED) is 0.665. The molecular weight excluding hydrogens is 294 g/mol. The molecule has 0 aliphatic rings. The number of carbonyl (C=O) groups is 2. The van der Waals surface area contributed by atoms with Crippen LogP contribution in [0.5, 0.6) is 0 Å². The molecule has 0 aromatic carbocycles. The van der Waals surface area contributed by atoms with E-state index in [2.05, 4.69) is 5.32 Å². The van der Waals surface area contributed by atoms with Crippen LogP contribution in [-0.4, -0.2) is 40.3 Å². The summed E-state index contributed by atoms with van der Waals surface area (Å²) in [6.07, 6.45) is 0. The molecule has 0 bridgehead atoms. The van der Waals surface area contributed by atoms with Crippen LogP contribution in [0.25, 0.3) is 0 Å². The first-order valence-electron chi connectivity index (χ1n) is 6.48. The summed E-state index contributed by atoms with van der Waals surface area (Å²) >= 11 is 0.811. The summed E-state index contributed by atoms with van der Waals surface area (Å²) in [7, 11) is 0. The van der Waals surface area contributed by atoms with Gasteiger partial charge in [-0.3, -0.25) is 19.7 Å². The SMILES string of the molecule is CCN(CC(=O)NC(C)(C)C)C(=O)c1ccc([N+](=O)[O-])s1. The third-order valence-electron chi connectivity index (χ3n) is 2.50. The van der Waals surface area contributed by atoms with Gasteiger partial charge in [0.15, 0.2) is 0 Å². The molecule has 1 aromatic heterocycles. The van der Waals surface area contributed by atoms with Gasteiger partial charge >= 0.3 is 5.00 Å². The smallest absolute Gasteiger partial charge is 0.324 e. The van der Waals surface area contributed by atoms with E-state index in [9.17, 15) is 19.7 Å². The molecule has 116 valence electrons. The topological polar surface area (TPSA) is 92.6 Å². The molecule has 8 heteroatoms. The van der Waals surface area contributed by atoms with Gasteiger partial charge in [-0.1, -0.05) is 11.3 Å². The number of thiophene rings is 1. The fraction of sp³-hybridized carbons (Fsp3) is 0.538. The van der Waals surface area contributed by atoms with E-state index in [4.69, 9.17) is 0 Å². The first-order valence-corrected chi connectivity index (χ1v) is 7.30. The Balaban J connectivity index is 2.77. The summed E-state index contributed by atoms with van der Waals surface area (Å²) in [5, 5.41) is 13.3. The summed E-state index contributed by atoms with van der Waals surface area (Å²) in [5.74, 6) is -0.636. The van der Waals surface area contributed by atoms with Gasteiger partial charge in [-0.2, -0.15) is 0 Å². The summed E-state index contributed by atoms with van der Waals surface area (Å²) in [6, 6.07) is 2.70. The van der Waals surface area contributed by atoms with Gasteiger partial charge in [0.25, 0.3) is 5.91 Å². The molecule has 0 aliphatic carbocycles. The van der Waals surface area contributed by atoms with Crippen molar-refractivity contribution in [3.8, 4) is 0 Å². The van der Waals surface area contributed by atoms with E-state index in [0.717, 1.165) is 11.3 Å². The van der Waals surface area contributed by atoms with Crippen LogP contribution in [0.3, 0.4) is 0 Å². The maximum atomic E-state index is 12.2. The molecule has 0 unspecified atom stereocenters. The average molecular weight is 313 g/mol. The van der Waals surface area contributed by atoms with Gasteiger partial charge < -0.3 is 10.2 Å². The van der Waals surface area contributed by atoms with Crippen molar-refractivity contribution in [3.63, 3.8) is 0 Å². The van der Waals surface area contributed by atoms with Crippen LogP contribution in [0, 0.1) is 10.1 Å². The number of carbonyl (C=O) groups excluding carboxylic acids is 2. The molecule has 1 rings (SSSR count). The second kappa shape index (κ2) is 6.66. The van der Waals surface area contributed by atoms with E-state index >= 15 is 0 Å². The minimum Gasteiger partial charge on any atom is -0.350 e. The van der Waals surface area contributed by atoms with Gasteiger partial charge in [0.2, 0.25) is 5.91 Å². The van der Waals surface area contributed by atoms with Crippen molar-refractivity contribution in [1.29, 1.82) is 0 Å². The molecule has 0 fully saturated rings. The van der Waals surface area contributed by atoms with Crippen molar-refractivity contribution < 1.29 is 14.5 Å². The standard InChI is InChI=1S/C13H19N3O4S/c1-5-15(8-10(17)14-13(2,3)4)12(18)9-6-7-11(21-9)16(19)20/h6-7H,5,8H2,1-4H3,(H,14,17). The predicted octanol–water partition coefficient (Wildman–Crippen LogP) is 2.03. The fourth-order valence-corrected chi connectivity index (χ4v) is 2.44. The van der Waals surface area contributed by atoms with Crippen LogP contribution in [0.1, 0.15) is 37.4 Å². The maximum Gasteiger partial charge on any atom is 0.324 e. The molecule has 0 radical (unpaired) electrons. The number of nitrogens with one attached hydrogen (secondary N) is 1. The second-order valence-corrected chi connectivity index (χ2v) is 6.57. The van der Waals surface area contributed by atoms with Crippen LogP contribution in [-0.2, 0) is 4.79 Å². The fourth-order valence-electron chi connectivity index (χ4n) is 1.65. The highest BCUT2D eigenvalue weighted by atomic mass is 32.1. The molecule has 0 spiro atoms. The Morgan fingerprint density at radius 3 is 2.43 bits per heavy atom. The normalized spacial score (nSPS) is 11.0. The van der Waals surface area contributed by atoms with Crippen molar-refractivity contribution in [2.45, 2.75) is 33.2 Å². The molecule has 0 aliphatic heterocycles. The summed E-state index contributed by atoms with van der Waals surface area (Å²) < 4.78 is 0. The Hall–Kier alpha value is -1.96. The number of rotatable bonds is 5. The molecular formula is C13H19N3O4S. The van der Waals surface area contributed by atoms with E-state index in [1.165, 1.54) is 17.0 Å².